The van der Waals surface area contributed by atoms with Crippen LogP contribution in [0.4, 0.5) is 0 Å². The highest BCUT2D eigenvalue weighted by Crippen LogP contribution is 2.21. The molecule has 1 unspecified atom stereocenters. The van der Waals surface area contributed by atoms with Crippen molar-refractivity contribution >= 4 is 17.7 Å². The van der Waals surface area contributed by atoms with Crippen LogP contribution in [0, 0.1) is 6.92 Å². The van der Waals surface area contributed by atoms with Gasteiger partial charge in [0.05, 0.1) is 0 Å². The molecule has 186 valence electrons. The molecule has 1 atom stereocenters. The van der Waals surface area contributed by atoms with Gasteiger partial charge >= 0.3 is 0 Å². The molecule has 36 heavy (non-hydrogen) atoms. The summed E-state index contributed by atoms with van der Waals surface area (Å²) < 4.78 is 0. The summed E-state index contributed by atoms with van der Waals surface area (Å²) in [5, 5.41) is 2.93. The van der Waals surface area contributed by atoms with Gasteiger partial charge in [-0.15, -0.1) is 0 Å². The molecule has 1 fully saturated rings. The summed E-state index contributed by atoms with van der Waals surface area (Å²) in [6.07, 6.45) is -0.167. The Morgan fingerprint density at radius 1 is 0.861 bits per heavy atom. The number of hydrogen-bond acceptors (Lipinski definition) is 4. The normalized spacial score (nSPS) is 15.1. The molecule has 1 heterocycles. The lowest BCUT2D eigenvalue weighted by molar-refractivity contribution is -0.141. The van der Waals surface area contributed by atoms with Crippen molar-refractivity contribution in [2.24, 2.45) is 5.73 Å². The summed E-state index contributed by atoms with van der Waals surface area (Å²) >= 11 is 0. The maximum Gasteiger partial charge on any atom is 0.264 e. The topological polar surface area (TPSA) is 95.7 Å². The second kappa shape index (κ2) is 11.6. The number of nitrogens with zero attached hydrogens (tertiary/aromatic N) is 2. The molecular formula is C29H32N4O3. The van der Waals surface area contributed by atoms with E-state index in [4.69, 9.17) is 5.73 Å². The summed E-state index contributed by atoms with van der Waals surface area (Å²) in [6, 6.07) is 24.7. The Bertz CT molecular complexity index is 1230. The fraction of sp³-hybridized carbons (Fsp3) is 0.276. The predicted octanol–water partition coefficient (Wildman–Crippen LogP) is 3.01. The molecule has 0 bridgehead atoms. The monoisotopic (exact) mass is 484 g/mol. The minimum Gasteiger partial charge on any atom is -0.349 e. The molecule has 1 saturated heterocycles. The minimum absolute atomic E-state index is 0.149. The first-order chi connectivity index (χ1) is 17.5. The summed E-state index contributed by atoms with van der Waals surface area (Å²) in [7, 11) is 0. The summed E-state index contributed by atoms with van der Waals surface area (Å²) in [6.45, 7) is 3.21. The highest BCUT2D eigenvalue weighted by molar-refractivity contribution is 5.99. The van der Waals surface area contributed by atoms with Crippen molar-refractivity contribution in [3.63, 3.8) is 0 Å². The first-order valence-corrected chi connectivity index (χ1v) is 12.2. The molecule has 0 spiro atoms. The smallest absolute Gasteiger partial charge is 0.264 e. The lowest BCUT2D eigenvalue weighted by Gasteiger charge is -2.29. The first kappa shape index (κ1) is 25.1. The number of benzene rings is 3. The van der Waals surface area contributed by atoms with Crippen molar-refractivity contribution in [3.05, 3.63) is 107 Å². The van der Waals surface area contributed by atoms with Crippen LogP contribution < -0.4 is 11.1 Å². The van der Waals surface area contributed by atoms with Crippen LogP contribution in [0.15, 0.2) is 78.9 Å². The molecule has 3 aromatic rings. The SMILES string of the molecule is Cc1cccc(C(=O)N2CCN(C(=O)CCc3ccccc3)C2C(=O)NCc2cccc(CN)c2)c1. The van der Waals surface area contributed by atoms with Crippen molar-refractivity contribution in [2.45, 2.75) is 39.0 Å². The number of rotatable bonds is 8. The third-order valence-corrected chi connectivity index (χ3v) is 6.42. The maximum atomic E-state index is 13.5. The zero-order valence-corrected chi connectivity index (χ0v) is 20.5. The van der Waals surface area contributed by atoms with E-state index in [0.29, 0.717) is 31.6 Å². The van der Waals surface area contributed by atoms with Gasteiger partial charge in [-0.05, 0) is 42.2 Å². The average Bonchev–Trinajstić information content (AvgIpc) is 3.36. The van der Waals surface area contributed by atoms with E-state index < -0.39 is 6.17 Å². The van der Waals surface area contributed by atoms with Crippen molar-refractivity contribution in [3.8, 4) is 0 Å². The highest BCUT2D eigenvalue weighted by Gasteiger charge is 2.42. The number of nitrogens with one attached hydrogen (secondary N) is 1. The Kier molecular flexibility index (Phi) is 8.13. The minimum atomic E-state index is -1.00. The molecule has 4 rings (SSSR count). The van der Waals surface area contributed by atoms with Gasteiger partial charge in [0.25, 0.3) is 11.8 Å². The van der Waals surface area contributed by atoms with Gasteiger partial charge in [-0.1, -0.05) is 72.3 Å². The fourth-order valence-electron chi connectivity index (χ4n) is 4.52. The Morgan fingerprint density at radius 3 is 2.31 bits per heavy atom. The van der Waals surface area contributed by atoms with Crippen LogP contribution in [0.2, 0.25) is 0 Å². The number of carbonyl (C=O) groups is 3. The molecule has 1 aliphatic rings. The molecule has 1 aliphatic heterocycles. The molecule has 0 aromatic heterocycles. The maximum absolute atomic E-state index is 13.5. The van der Waals surface area contributed by atoms with E-state index in [1.54, 1.807) is 12.1 Å². The van der Waals surface area contributed by atoms with Crippen molar-refractivity contribution in [2.75, 3.05) is 13.1 Å². The number of hydrogen-bond donors (Lipinski definition) is 2. The van der Waals surface area contributed by atoms with Crippen LogP contribution in [0.1, 0.15) is 39.0 Å². The third-order valence-electron chi connectivity index (χ3n) is 6.42. The van der Waals surface area contributed by atoms with E-state index in [2.05, 4.69) is 5.32 Å². The quantitative estimate of drug-likeness (QED) is 0.514. The zero-order chi connectivity index (χ0) is 25.5. The van der Waals surface area contributed by atoms with E-state index in [1.165, 1.54) is 9.80 Å². The number of nitrogens with two attached hydrogens (primary N) is 1. The van der Waals surface area contributed by atoms with Gasteiger partial charge in [0.15, 0.2) is 6.17 Å². The van der Waals surface area contributed by atoms with Crippen LogP contribution >= 0.6 is 0 Å². The highest BCUT2D eigenvalue weighted by atomic mass is 16.2. The molecule has 0 aliphatic carbocycles. The van der Waals surface area contributed by atoms with Gasteiger partial charge in [0, 0.05) is 38.2 Å². The van der Waals surface area contributed by atoms with Crippen LogP contribution in [-0.2, 0) is 29.1 Å². The summed E-state index contributed by atoms with van der Waals surface area (Å²) in [5.74, 6) is -0.786. The second-order valence-electron chi connectivity index (χ2n) is 9.06. The third kappa shape index (κ3) is 5.98. The van der Waals surface area contributed by atoms with Crippen LogP contribution in [-0.4, -0.2) is 46.8 Å². The van der Waals surface area contributed by atoms with Crippen LogP contribution in [0.3, 0.4) is 0 Å². The lowest BCUT2D eigenvalue weighted by atomic mass is 10.1. The molecule has 3 aromatic carbocycles. The van der Waals surface area contributed by atoms with Crippen molar-refractivity contribution in [1.29, 1.82) is 0 Å². The van der Waals surface area contributed by atoms with Crippen molar-refractivity contribution in [1.82, 2.24) is 15.1 Å². The van der Waals surface area contributed by atoms with Gasteiger partial charge in [-0.2, -0.15) is 0 Å². The molecule has 3 N–H and O–H groups in total. The Balaban J connectivity index is 1.52. The summed E-state index contributed by atoms with van der Waals surface area (Å²) in [5.41, 5.74) is 10.1. The Labute approximate surface area is 211 Å². The van der Waals surface area contributed by atoms with Gasteiger partial charge in [0.1, 0.15) is 0 Å². The molecular weight excluding hydrogens is 452 g/mol. The van der Waals surface area contributed by atoms with Gasteiger partial charge in [-0.3, -0.25) is 14.4 Å². The van der Waals surface area contributed by atoms with E-state index in [9.17, 15) is 14.4 Å². The lowest BCUT2D eigenvalue weighted by Crippen LogP contribution is -2.53. The summed E-state index contributed by atoms with van der Waals surface area (Å²) in [4.78, 5) is 43.1. The predicted molar refractivity (Wildman–Crippen MR) is 139 cm³/mol. The molecule has 3 amide bonds. The first-order valence-electron chi connectivity index (χ1n) is 12.2. The van der Waals surface area contributed by atoms with E-state index in [-0.39, 0.29) is 30.7 Å². The van der Waals surface area contributed by atoms with Gasteiger partial charge < -0.3 is 20.9 Å². The number of amides is 3. The molecule has 0 radical (unpaired) electrons. The van der Waals surface area contributed by atoms with Crippen LogP contribution in [0.5, 0.6) is 0 Å². The fourth-order valence-corrected chi connectivity index (χ4v) is 4.52. The van der Waals surface area contributed by atoms with Crippen LogP contribution in [0.25, 0.3) is 0 Å². The number of aryl methyl sites for hydroxylation is 2. The van der Waals surface area contributed by atoms with Gasteiger partial charge in [0.2, 0.25) is 5.91 Å². The average molecular weight is 485 g/mol. The van der Waals surface area contributed by atoms with Gasteiger partial charge in [-0.25, -0.2) is 0 Å². The Hall–Kier alpha value is -3.97. The molecule has 0 saturated carbocycles. The van der Waals surface area contributed by atoms with E-state index in [0.717, 1.165) is 22.3 Å². The second-order valence-corrected chi connectivity index (χ2v) is 9.06. The molecule has 7 nitrogen and oxygen atoms in total. The zero-order valence-electron chi connectivity index (χ0n) is 20.5. The van der Waals surface area contributed by atoms with E-state index >= 15 is 0 Å². The van der Waals surface area contributed by atoms with Crippen molar-refractivity contribution < 1.29 is 14.4 Å². The standard InChI is InChI=1S/C29H32N4O3/c1-21-7-5-12-25(17-21)29(36)33-16-15-32(26(34)14-13-22-8-3-2-4-9-22)28(33)27(35)31-20-24-11-6-10-23(18-24)19-30/h2-12,17-18,28H,13-16,19-20,30H2,1H3,(H,31,35). The van der Waals surface area contributed by atoms with E-state index in [1.807, 2.05) is 73.7 Å². The number of carbonyl (C=O) groups excluding carboxylic acids is 3. The molecule has 7 heteroatoms. The largest absolute Gasteiger partial charge is 0.349 e. The Morgan fingerprint density at radius 2 is 1.56 bits per heavy atom.